The lowest BCUT2D eigenvalue weighted by Crippen LogP contribution is -2.68. The quantitative estimate of drug-likeness (QED) is 0.260. The van der Waals surface area contributed by atoms with E-state index in [9.17, 15) is 19.5 Å². The lowest BCUT2D eigenvalue weighted by atomic mass is 9.95. The molecule has 2 aliphatic rings. The summed E-state index contributed by atoms with van der Waals surface area (Å²) in [4.78, 5) is 36.4. The van der Waals surface area contributed by atoms with Crippen LogP contribution < -0.4 is 10.1 Å². The van der Waals surface area contributed by atoms with E-state index in [4.69, 9.17) is 39.7 Å². The molecule has 0 spiro atoms. The van der Waals surface area contributed by atoms with E-state index in [0.717, 1.165) is 0 Å². The van der Waals surface area contributed by atoms with Crippen LogP contribution in [0.1, 0.15) is 34.9 Å². The van der Waals surface area contributed by atoms with Gasteiger partial charge < -0.3 is 38.5 Å². The van der Waals surface area contributed by atoms with Crippen LogP contribution in [-0.2, 0) is 28.5 Å². The standard InChI is InChI=1S/C30H28ClNO10/c1-17(33)32-26-28(38-16-25(35)36)27-24(15-39-29(42-27)23-7-4-14-37-23)41-30(26)40-22-6-3-2-5-19(22)10-13-21(34)18-8-11-20(31)12-9-18/h2-14,24,26-30H,15-16H2,1H3,(H,32,33)(H,35,36)/b13-10+. The molecule has 6 unspecified atom stereocenters. The fourth-order valence-electron chi connectivity index (χ4n) is 4.72. The van der Waals surface area contributed by atoms with E-state index >= 15 is 0 Å². The van der Waals surface area contributed by atoms with Gasteiger partial charge in [0, 0.05) is 23.1 Å². The number of halogens is 1. The van der Waals surface area contributed by atoms with Gasteiger partial charge in [-0.25, -0.2) is 4.79 Å². The lowest BCUT2D eigenvalue weighted by molar-refractivity contribution is -0.340. The van der Waals surface area contributed by atoms with Crippen LogP contribution in [0.2, 0.25) is 5.02 Å². The zero-order valence-corrected chi connectivity index (χ0v) is 23.1. The molecule has 3 heterocycles. The Morgan fingerprint density at radius 3 is 2.57 bits per heavy atom. The number of carboxylic acid groups (broad SMARTS) is 1. The average Bonchev–Trinajstić information content (AvgIpc) is 3.51. The first-order chi connectivity index (χ1) is 20.3. The van der Waals surface area contributed by atoms with Crippen LogP contribution in [0.3, 0.4) is 0 Å². The summed E-state index contributed by atoms with van der Waals surface area (Å²) in [6.07, 6.45) is -0.110. The van der Waals surface area contributed by atoms with Gasteiger partial charge in [-0.3, -0.25) is 9.59 Å². The Labute approximate surface area is 245 Å². The summed E-state index contributed by atoms with van der Waals surface area (Å²) in [6, 6.07) is 15.9. The van der Waals surface area contributed by atoms with Crippen molar-refractivity contribution in [3.63, 3.8) is 0 Å². The van der Waals surface area contributed by atoms with E-state index in [1.807, 2.05) is 0 Å². The minimum atomic E-state index is -1.20. The second-order valence-electron chi connectivity index (χ2n) is 9.58. The molecule has 6 atom stereocenters. The van der Waals surface area contributed by atoms with Crippen LogP contribution in [-0.4, -0.2) is 66.6 Å². The van der Waals surface area contributed by atoms with Gasteiger partial charge in [-0.1, -0.05) is 29.8 Å². The maximum Gasteiger partial charge on any atom is 0.329 e. The van der Waals surface area contributed by atoms with Crippen molar-refractivity contribution in [2.45, 2.75) is 43.9 Å². The third-order valence-corrected chi connectivity index (χ3v) is 6.84. The minimum absolute atomic E-state index is 0.0484. The summed E-state index contributed by atoms with van der Waals surface area (Å²) in [7, 11) is 0. The number of carbonyl (C=O) groups excluding carboxylic acids is 2. The Morgan fingerprint density at radius 1 is 1.07 bits per heavy atom. The molecular weight excluding hydrogens is 570 g/mol. The number of rotatable bonds is 10. The maximum absolute atomic E-state index is 12.7. The predicted octanol–water partition coefficient (Wildman–Crippen LogP) is 4.02. The van der Waals surface area contributed by atoms with Gasteiger partial charge in [0.1, 0.15) is 36.7 Å². The molecule has 1 amide bonds. The van der Waals surface area contributed by atoms with Gasteiger partial charge in [0.05, 0.1) is 12.9 Å². The molecule has 3 aromatic rings. The van der Waals surface area contributed by atoms with E-state index in [2.05, 4.69) is 5.32 Å². The van der Waals surface area contributed by atoms with E-state index in [1.54, 1.807) is 66.7 Å². The van der Waals surface area contributed by atoms with Gasteiger partial charge in [-0.2, -0.15) is 0 Å². The number of fused-ring (bicyclic) bond motifs is 1. The van der Waals surface area contributed by atoms with Gasteiger partial charge in [-0.15, -0.1) is 0 Å². The van der Waals surface area contributed by atoms with Crippen molar-refractivity contribution in [3.8, 4) is 5.75 Å². The fourth-order valence-corrected chi connectivity index (χ4v) is 4.85. The Morgan fingerprint density at radius 2 is 1.86 bits per heavy atom. The largest absolute Gasteiger partial charge is 0.480 e. The zero-order chi connectivity index (χ0) is 29.6. The molecule has 5 rings (SSSR count). The summed E-state index contributed by atoms with van der Waals surface area (Å²) in [5.41, 5.74) is 1.02. The molecule has 42 heavy (non-hydrogen) atoms. The highest BCUT2D eigenvalue weighted by atomic mass is 35.5. The normalized spacial score (nSPS) is 25.5. The van der Waals surface area contributed by atoms with Crippen molar-refractivity contribution in [2.24, 2.45) is 0 Å². The van der Waals surface area contributed by atoms with Crippen molar-refractivity contribution < 1.29 is 47.6 Å². The van der Waals surface area contributed by atoms with Gasteiger partial charge in [0.2, 0.25) is 18.5 Å². The van der Waals surface area contributed by atoms with Gasteiger partial charge in [0.25, 0.3) is 0 Å². The molecule has 2 N–H and O–H groups in total. The third-order valence-electron chi connectivity index (χ3n) is 6.59. The van der Waals surface area contributed by atoms with Crippen LogP contribution in [0, 0.1) is 0 Å². The van der Waals surface area contributed by atoms with E-state index < -0.39 is 55.4 Å². The molecule has 0 radical (unpaired) electrons. The number of benzene rings is 2. The number of furan rings is 1. The van der Waals surface area contributed by atoms with E-state index in [1.165, 1.54) is 19.3 Å². The lowest BCUT2D eigenvalue weighted by Gasteiger charge is -2.48. The minimum Gasteiger partial charge on any atom is -0.480 e. The van der Waals surface area contributed by atoms with Gasteiger partial charge in [-0.05, 0) is 54.6 Å². The predicted molar refractivity (Wildman–Crippen MR) is 148 cm³/mol. The monoisotopic (exact) mass is 597 g/mol. The van der Waals surface area contributed by atoms with Crippen molar-refractivity contribution in [3.05, 3.63) is 94.9 Å². The third kappa shape index (κ3) is 7.07. The first-order valence-electron chi connectivity index (χ1n) is 13.1. The van der Waals surface area contributed by atoms with Crippen LogP contribution in [0.25, 0.3) is 6.08 Å². The van der Waals surface area contributed by atoms with Crippen LogP contribution in [0.5, 0.6) is 5.75 Å². The van der Waals surface area contributed by atoms with Crippen molar-refractivity contribution in [1.29, 1.82) is 0 Å². The molecule has 2 fully saturated rings. The summed E-state index contributed by atoms with van der Waals surface area (Å²) in [5, 5.41) is 12.6. The second kappa shape index (κ2) is 13.3. The second-order valence-corrected chi connectivity index (χ2v) is 10.0. The summed E-state index contributed by atoms with van der Waals surface area (Å²) < 4.78 is 35.6. The van der Waals surface area contributed by atoms with Crippen molar-refractivity contribution in [2.75, 3.05) is 13.2 Å². The zero-order valence-electron chi connectivity index (χ0n) is 22.4. The number of aliphatic carboxylic acids is 1. The number of allylic oxidation sites excluding steroid dienone is 1. The number of para-hydroxylation sites is 1. The van der Waals surface area contributed by atoms with Crippen molar-refractivity contribution >= 4 is 35.3 Å². The van der Waals surface area contributed by atoms with Crippen molar-refractivity contribution in [1.82, 2.24) is 5.32 Å². The Kier molecular flexibility index (Phi) is 9.35. The number of hydrogen-bond donors (Lipinski definition) is 2. The SMILES string of the molecule is CC(=O)NC1C(Oc2ccccc2/C=C/C(=O)c2ccc(Cl)cc2)OC2COC(c3ccco3)OC2C1OCC(=O)O. The molecule has 2 aliphatic heterocycles. The maximum atomic E-state index is 12.7. The van der Waals surface area contributed by atoms with E-state index in [-0.39, 0.29) is 12.4 Å². The van der Waals surface area contributed by atoms with Gasteiger partial charge >= 0.3 is 5.97 Å². The van der Waals surface area contributed by atoms with Crippen LogP contribution >= 0.6 is 11.6 Å². The highest BCUT2D eigenvalue weighted by Crippen LogP contribution is 2.36. The molecule has 220 valence electrons. The highest BCUT2D eigenvalue weighted by molar-refractivity contribution is 6.30. The average molecular weight is 598 g/mol. The smallest absolute Gasteiger partial charge is 0.329 e. The molecule has 11 nitrogen and oxygen atoms in total. The molecule has 0 saturated carbocycles. The molecule has 12 heteroatoms. The molecule has 0 bridgehead atoms. The molecular formula is C30H28ClNO10. The first-order valence-corrected chi connectivity index (χ1v) is 13.5. The summed E-state index contributed by atoms with van der Waals surface area (Å²) in [5.74, 6) is -1.10. The molecule has 0 aliphatic carbocycles. The summed E-state index contributed by atoms with van der Waals surface area (Å²) >= 11 is 5.92. The van der Waals surface area contributed by atoms with Crippen LogP contribution in [0.4, 0.5) is 0 Å². The Hall–Kier alpha value is -4.00. The number of hydrogen-bond acceptors (Lipinski definition) is 9. The van der Waals surface area contributed by atoms with Crippen LogP contribution in [0.15, 0.2) is 77.4 Å². The number of ether oxygens (including phenoxy) is 5. The molecule has 1 aromatic heterocycles. The number of carbonyl (C=O) groups is 3. The number of amides is 1. The number of nitrogens with one attached hydrogen (secondary N) is 1. The Balaban J connectivity index is 1.40. The first kappa shape index (κ1) is 29.5. The number of ketones is 1. The topological polar surface area (TPSA) is 143 Å². The summed E-state index contributed by atoms with van der Waals surface area (Å²) in [6.45, 7) is 0.707. The number of carboxylic acids is 1. The fraction of sp³-hybridized carbons (Fsp3) is 0.300. The molecule has 2 saturated heterocycles. The Bertz CT molecular complexity index is 1420. The highest BCUT2D eigenvalue weighted by Gasteiger charge is 2.52. The van der Waals surface area contributed by atoms with E-state index in [0.29, 0.717) is 27.7 Å². The van der Waals surface area contributed by atoms with Gasteiger partial charge in [0.15, 0.2) is 11.5 Å². The molecule has 2 aromatic carbocycles.